The SMILES string of the molecule is C[C@H]1[C@H](C=Cc2ccc(-c3ccccc3C#N)cn2)[C@@H]2CC(=O)O[C@@H]2C[C@@H]1C. The molecule has 28 heavy (non-hydrogen) atoms. The number of hydrogen-bond acceptors (Lipinski definition) is 4. The van der Waals surface area contributed by atoms with Crippen molar-refractivity contribution in [2.45, 2.75) is 32.8 Å². The zero-order chi connectivity index (χ0) is 19.7. The molecule has 2 heterocycles. The van der Waals surface area contributed by atoms with Crippen LogP contribution in [0.5, 0.6) is 0 Å². The fourth-order valence-corrected chi connectivity index (χ4v) is 4.61. The number of fused-ring (bicyclic) bond motifs is 1. The summed E-state index contributed by atoms with van der Waals surface area (Å²) < 4.78 is 5.54. The number of carbonyl (C=O) groups excluding carboxylic acids is 1. The molecule has 0 N–H and O–H groups in total. The Labute approximate surface area is 165 Å². The molecule has 1 aromatic heterocycles. The summed E-state index contributed by atoms with van der Waals surface area (Å²) in [4.78, 5) is 16.4. The molecular formula is C24H24N2O2. The van der Waals surface area contributed by atoms with E-state index in [1.165, 1.54) is 0 Å². The van der Waals surface area contributed by atoms with Crippen LogP contribution in [0.3, 0.4) is 0 Å². The molecule has 0 radical (unpaired) electrons. The molecule has 1 aliphatic carbocycles. The number of rotatable bonds is 3. The molecule has 0 spiro atoms. The number of esters is 1. The van der Waals surface area contributed by atoms with Crippen LogP contribution in [0.25, 0.3) is 17.2 Å². The van der Waals surface area contributed by atoms with Crippen LogP contribution < -0.4 is 0 Å². The highest BCUT2D eigenvalue weighted by Crippen LogP contribution is 2.45. The van der Waals surface area contributed by atoms with Crippen molar-refractivity contribution in [3.05, 3.63) is 59.9 Å². The summed E-state index contributed by atoms with van der Waals surface area (Å²) >= 11 is 0. The predicted molar refractivity (Wildman–Crippen MR) is 108 cm³/mol. The van der Waals surface area contributed by atoms with Crippen LogP contribution in [-0.2, 0) is 9.53 Å². The molecule has 5 atom stereocenters. The number of nitriles is 1. The van der Waals surface area contributed by atoms with Gasteiger partial charge in [0.25, 0.3) is 0 Å². The summed E-state index contributed by atoms with van der Waals surface area (Å²) in [5, 5.41) is 9.29. The maximum atomic E-state index is 11.8. The van der Waals surface area contributed by atoms with Crippen LogP contribution in [0.1, 0.15) is 37.9 Å². The Kier molecular flexibility index (Phi) is 5.00. The number of nitrogens with zero attached hydrogens (tertiary/aromatic N) is 2. The molecule has 2 aromatic rings. The van der Waals surface area contributed by atoms with Gasteiger partial charge in [-0.1, -0.05) is 44.2 Å². The van der Waals surface area contributed by atoms with Crippen molar-refractivity contribution < 1.29 is 9.53 Å². The molecule has 1 saturated heterocycles. The summed E-state index contributed by atoms with van der Waals surface area (Å²) in [5.41, 5.74) is 3.36. The van der Waals surface area contributed by atoms with Gasteiger partial charge < -0.3 is 4.74 Å². The van der Waals surface area contributed by atoms with Gasteiger partial charge in [-0.3, -0.25) is 9.78 Å². The number of allylic oxidation sites excluding steroid dienone is 1. The lowest BCUT2D eigenvalue weighted by molar-refractivity contribution is -0.142. The van der Waals surface area contributed by atoms with Crippen LogP contribution in [0.15, 0.2) is 48.7 Å². The van der Waals surface area contributed by atoms with Crippen LogP contribution >= 0.6 is 0 Å². The van der Waals surface area contributed by atoms with Gasteiger partial charge in [0, 0.05) is 23.2 Å². The molecule has 142 valence electrons. The normalized spacial score (nSPS) is 29.3. The van der Waals surface area contributed by atoms with Gasteiger partial charge >= 0.3 is 5.97 Å². The molecule has 4 nitrogen and oxygen atoms in total. The summed E-state index contributed by atoms with van der Waals surface area (Å²) in [6, 6.07) is 13.8. The topological polar surface area (TPSA) is 63.0 Å². The molecule has 1 saturated carbocycles. The van der Waals surface area contributed by atoms with E-state index in [0.29, 0.717) is 29.7 Å². The molecule has 0 bridgehead atoms. The fraction of sp³-hybridized carbons (Fsp3) is 0.375. The lowest BCUT2D eigenvalue weighted by Crippen LogP contribution is -2.38. The molecule has 1 aromatic carbocycles. The van der Waals surface area contributed by atoms with Gasteiger partial charge in [-0.2, -0.15) is 5.26 Å². The van der Waals surface area contributed by atoms with Crippen LogP contribution in [-0.4, -0.2) is 17.1 Å². The van der Waals surface area contributed by atoms with E-state index in [2.05, 4.69) is 37.1 Å². The number of aromatic nitrogens is 1. The average Bonchev–Trinajstić information content (AvgIpc) is 3.08. The quantitative estimate of drug-likeness (QED) is 0.722. The third kappa shape index (κ3) is 3.45. The third-order valence-electron chi connectivity index (χ3n) is 6.40. The second-order valence-electron chi connectivity index (χ2n) is 8.03. The first-order valence-corrected chi connectivity index (χ1v) is 9.90. The summed E-state index contributed by atoms with van der Waals surface area (Å²) in [7, 11) is 0. The number of benzene rings is 1. The Balaban J connectivity index is 1.54. The van der Waals surface area contributed by atoms with Gasteiger partial charge in [0.05, 0.1) is 23.7 Å². The molecule has 4 heteroatoms. The maximum absolute atomic E-state index is 11.8. The first kappa shape index (κ1) is 18.4. The van der Waals surface area contributed by atoms with E-state index in [0.717, 1.165) is 23.2 Å². The molecule has 2 fully saturated rings. The molecule has 2 aliphatic rings. The standard InChI is InChI=1S/C24H24N2O2/c1-15-11-23-22(12-24(27)28-23)20(16(15)2)10-9-19-8-7-18(14-26-19)21-6-4-3-5-17(21)13-25/h3-10,14-16,20,22-23H,11-12H2,1-2H3/t15-,16+,20-,22-,23+/m0/s1. The number of ether oxygens (including phenoxy) is 1. The second-order valence-corrected chi connectivity index (χ2v) is 8.03. The average molecular weight is 372 g/mol. The minimum atomic E-state index is -0.0617. The first-order chi connectivity index (χ1) is 13.6. The van der Waals surface area contributed by atoms with Gasteiger partial charge in [-0.05, 0) is 42.4 Å². The van der Waals surface area contributed by atoms with Crippen LogP contribution in [0.4, 0.5) is 0 Å². The van der Waals surface area contributed by atoms with Gasteiger partial charge in [0.15, 0.2) is 0 Å². The van der Waals surface area contributed by atoms with Crippen LogP contribution in [0.2, 0.25) is 0 Å². The van der Waals surface area contributed by atoms with E-state index in [-0.39, 0.29) is 18.0 Å². The van der Waals surface area contributed by atoms with Crippen molar-refractivity contribution in [3.63, 3.8) is 0 Å². The molecule has 0 amide bonds. The van der Waals surface area contributed by atoms with Crippen molar-refractivity contribution in [2.75, 3.05) is 0 Å². The van der Waals surface area contributed by atoms with Crippen molar-refractivity contribution in [3.8, 4) is 17.2 Å². The summed E-state index contributed by atoms with van der Waals surface area (Å²) in [5.74, 6) is 1.57. The zero-order valence-corrected chi connectivity index (χ0v) is 16.2. The van der Waals surface area contributed by atoms with E-state index in [1.807, 2.05) is 42.6 Å². The Morgan fingerprint density at radius 1 is 1.21 bits per heavy atom. The molecular weight excluding hydrogens is 348 g/mol. The van der Waals surface area contributed by atoms with E-state index in [9.17, 15) is 10.1 Å². The van der Waals surface area contributed by atoms with Gasteiger partial charge in [-0.25, -0.2) is 0 Å². The maximum Gasteiger partial charge on any atom is 0.306 e. The van der Waals surface area contributed by atoms with Crippen molar-refractivity contribution in [1.29, 1.82) is 5.26 Å². The molecule has 0 unspecified atom stereocenters. The fourth-order valence-electron chi connectivity index (χ4n) is 4.61. The predicted octanol–water partition coefficient (Wildman–Crippen LogP) is 4.86. The van der Waals surface area contributed by atoms with Crippen molar-refractivity contribution >= 4 is 12.0 Å². The third-order valence-corrected chi connectivity index (χ3v) is 6.40. The number of hydrogen-bond donors (Lipinski definition) is 0. The second kappa shape index (κ2) is 7.59. The minimum absolute atomic E-state index is 0.0613. The Bertz CT molecular complexity index is 942. The molecule has 1 aliphatic heterocycles. The first-order valence-electron chi connectivity index (χ1n) is 9.90. The monoisotopic (exact) mass is 372 g/mol. The highest BCUT2D eigenvalue weighted by molar-refractivity contribution is 5.72. The largest absolute Gasteiger partial charge is 0.462 e. The lowest BCUT2D eigenvalue weighted by Gasteiger charge is -2.39. The highest BCUT2D eigenvalue weighted by Gasteiger charge is 2.46. The minimum Gasteiger partial charge on any atom is -0.462 e. The summed E-state index contributed by atoms with van der Waals surface area (Å²) in [6.07, 6.45) is 7.63. The van der Waals surface area contributed by atoms with E-state index in [1.54, 1.807) is 0 Å². The van der Waals surface area contributed by atoms with Crippen molar-refractivity contribution in [2.24, 2.45) is 23.7 Å². The van der Waals surface area contributed by atoms with Crippen LogP contribution in [0, 0.1) is 35.0 Å². The number of pyridine rings is 1. The van der Waals surface area contributed by atoms with Crippen molar-refractivity contribution in [1.82, 2.24) is 4.98 Å². The Hall–Kier alpha value is -2.93. The number of carbonyl (C=O) groups is 1. The Morgan fingerprint density at radius 3 is 2.79 bits per heavy atom. The van der Waals surface area contributed by atoms with Gasteiger partial charge in [-0.15, -0.1) is 0 Å². The van der Waals surface area contributed by atoms with Gasteiger partial charge in [0.2, 0.25) is 0 Å². The smallest absolute Gasteiger partial charge is 0.306 e. The summed E-state index contributed by atoms with van der Waals surface area (Å²) in [6.45, 7) is 4.52. The van der Waals surface area contributed by atoms with E-state index < -0.39 is 0 Å². The van der Waals surface area contributed by atoms with Gasteiger partial charge in [0.1, 0.15) is 6.10 Å². The lowest BCUT2D eigenvalue weighted by atomic mass is 9.66. The van der Waals surface area contributed by atoms with E-state index >= 15 is 0 Å². The Morgan fingerprint density at radius 2 is 2.04 bits per heavy atom. The molecule has 4 rings (SSSR count). The zero-order valence-electron chi connectivity index (χ0n) is 16.2. The highest BCUT2D eigenvalue weighted by atomic mass is 16.5. The van der Waals surface area contributed by atoms with E-state index in [4.69, 9.17) is 4.74 Å².